The molecule has 0 bridgehead atoms. The van der Waals surface area contributed by atoms with Crippen LogP contribution in [0, 0.1) is 11.8 Å². The first kappa shape index (κ1) is 24.2. The fraction of sp³-hybridized carbons (Fsp3) is 0.895. The molecule has 5 nitrogen and oxygen atoms in total. The summed E-state index contributed by atoms with van der Waals surface area (Å²) in [6.45, 7) is 14.0. The summed E-state index contributed by atoms with van der Waals surface area (Å²) < 4.78 is 10.7. The summed E-state index contributed by atoms with van der Waals surface area (Å²) in [4.78, 5) is 23.4. The quantitative estimate of drug-likeness (QED) is 0.480. The van der Waals surface area contributed by atoms with Crippen LogP contribution in [-0.2, 0) is 14.3 Å². The summed E-state index contributed by atoms with van der Waals surface area (Å²) in [6.07, 6.45) is 2.34. The fourth-order valence-corrected chi connectivity index (χ4v) is 3.44. The number of carbonyl (C=O) groups excluding carboxylic acids is 2. The largest absolute Gasteiger partial charge is 0.460 e. The lowest BCUT2D eigenvalue weighted by Gasteiger charge is -2.30. The summed E-state index contributed by atoms with van der Waals surface area (Å²) in [5.74, 6) is 0.666. The molecule has 0 aromatic carbocycles. The van der Waals surface area contributed by atoms with E-state index in [4.69, 9.17) is 9.47 Å². The second-order valence-corrected chi connectivity index (χ2v) is 8.57. The van der Waals surface area contributed by atoms with Crippen molar-refractivity contribution < 1.29 is 19.1 Å². The van der Waals surface area contributed by atoms with Gasteiger partial charge in [-0.25, -0.2) is 4.79 Å². The minimum absolute atomic E-state index is 0.194. The summed E-state index contributed by atoms with van der Waals surface area (Å²) in [5.41, 5.74) is -0.548. The molecule has 148 valence electrons. The first-order valence-corrected chi connectivity index (χ1v) is 10.4. The molecule has 1 aliphatic rings. The van der Waals surface area contributed by atoms with Crippen molar-refractivity contribution in [3.63, 3.8) is 0 Å². The van der Waals surface area contributed by atoms with Gasteiger partial charge in [0.25, 0.3) is 0 Å². The van der Waals surface area contributed by atoms with Gasteiger partial charge in [0.2, 0.25) is 0 Å². The van der Waals surface area contributed by atoms with Crippen LogP contribution in [-0.4, -0.2) is 35.1 Å². The molecule has 3 atom stereocenters. The zero-order chi connectivity index (χ0) is 19.6. The molecule has 25 heavy (non-hydrogen) atoms. The Morgan fingerprint density at radius 3 is 2.28 bits per heavy atom. The first-order chi connectivity index (χ1) is 11.5. The Bertz CT molecular complexity index is 407. The predicted molar refractivity (Wildman–Crippen MR) is 105 cm³/mol. The zero-order valence-corrected chi connectivity index (χ0v) is 18.4. The summed E-state index contributed by atoms with van der Waals surface area (Å²) in [5, 5.41) is 3.74. The maximum Gasteiger partial charge on any atom is 0.408 e. The van der Waals surface area contributed by atoms with Gasteiger partial charge in [0.05, 0.1) is 6.04 Å². The van der Waals surface area contributed by atoms with Crippen molar-refractivity contribution in [1.82, 2.24) is 5.32 Å². The number of hydrogen-bond acceptors (Lipinski definition) is 4. The second-order valence-electron chi connectivity index (χ2n) is 7.92. The highest BCUT2D eigenvalue weighted by Gasteiger charge is 2.35. The normalized spacial score (nSPS) is 19.6. The number of amides is 1. The van der Waals surface area contributed by atoms with Crippen molar-refractivity contribution in [2.45, 2.75) is 91.9 Å². The number of halogens is 1. The summed E-state index contributed by atoms with van der Waals surface area (Å²) in [7, 11) is 0. The van der Waals surface area contributed by atoms with Crippen molar-refractivity contribution in [3.05, 3.63) is 0 Å². The third-order valence-electron chi connectivity index (χ3n) is 3.76. The van der Waals surface area contributed by atoms with Crippen molar-refractivity contribution in [2.24, 2.45) is 11.8 Å². The Morgan fingerprint density at radius 2 is 1.92 bits per heavy atom. The van der Waals surface area contributed by atoms with Gasteiger partial charge in [-0.3, -0.25) is 4.79 Å². The Kier molecular flexibility index (Phi) is 11.4. The number of cyclic esters (lactones) is 1. The molecule has 1 heterocycles. The smallest absolute Gasteiger partial charge is 0.408 e. The molecule has 1 rings (SSSR count). The van der Waals surface area contributed by atoms with E-state index in [-0.39, 0.29) is 18.1 Å². The van der Waals surface area contributed by atoms with Gasteiger partial charge in [0.15, 0.2) is 0 Å². The van der Waals surface area contributed by atoms with Gasteiger partial charge in [0, 0.05) is 11.8 Å². The summed E-state index contributed by atoms with van der Waals surface area (Å²) in [6, 6.07) is -0.216. The molecular formula is C19H36BrNO4. The number of rotatable bonds is 6. The first-order valence-electron chi connectivity index (χ1n) is 9.28. The van der Waals surface area contributed by atoms with Crippen LogP contribution >= 0.6 is 15.9 Å². The third-order valence-corrected chi connectivity index (χ3v) is 4.60. The fourth-order valence-electron chi connectivity index (χ4n) is 2.43. The maximum absolute atomic E-state index is 12.1. The van der Waals surface area contributed by atoms with Gasteiger partial charge < -0.3 is 14.8 Å². The topological polar surface area (TPSA) is 64.6 Å². The minimum atomic E-state index is -0.548. The Balaban J connectivity index is 0.00000178. The van der Waals surface area contributed by atoms with E-state index in [0.717, 1.165) is 11.8 Å². The molecule has 1 N–H and O–H groups in total. The number of alkyl halides is 1. The van der Waals surface area contributed by atoms with Gasteiger partial charge in [0.1, 0.15) is 11.7 Å². The average molecular weight is 422 g/mol. The predicted octanol–water partition coefficient (Wildman–Crippen LogP) is 5.06. The lowest BCUT2D eigenvalue weighted by atomic mass is 9.88. The lowest BCUT2D eigenvalue weighted by molar-refractivity contribution is -0.142. The van der Waals surface area contributed by atoms with Gasteiger partial charge >= 0.3 is 12.1 Å². The van der Waals surface area contributed by atoms with Crippen LogP contribution in [0.3, 0.4) is 0 Å². The molecular weight excluding hydrogens is 386 g/mol. The molecule has 0 spiro atoms. The molecule has 0 aromatic rings. The van der Waals surface area contributed by atoms with Crippen molar-refractivity contribution in [1.29, 1.82) is 0 Å². The number of hydrogen-bond donors (Lipinski definition) is 1. The average Bonchev–Trinajstić information content (AvgIpc) is 2.88. The molecule has 0 saturated carbocycles. The summed E-state index contributed by atoms with van der Waals surface area (Å²) >= 11 is 3.53. The van der Waals surface area contributed by atoms with Crippen molar-refractivity contribution >= 4 is 28.0 Å². The molecule has 0 radical (unpaired) electrons. The van der Waals surface area contributed by atoms with Crippen LogP contribution in [0.2, 0.25) is 0 Å². The Hall–Kier alpha value is -0.780. The van der Waals surface area contributed by atoms with Gasteiger partial charge in [-0.2, -0.15) is 0 Å². The van der Waals surface area contributed by atoms with Gasteiger partial charge in [-0.1, -0.05) is 50.0 Å². The monoisotopic (exact) mass is 421 g/mol. The Morgan fingerprint density at radius 1 is 1.36 bits per heavy atom. The molecule has 3 unspecified atom stereocenters. The van der Waals surface area contributed by atoms with Crippen molar-refractivity contribution in [2.75, 3.05) is 5.33 Å². The van der Waals surface area contributed by atoms with Crippen molar-refractivity contribution in [3.8, 4) is 0 Å². The maximum atomic E-state index is 12.1. The second kappa shape index (κ2) is 11.8. The van der Waals surface area contributed by atoms with Gasteiger partial charge in [-0.05, 0) is 45.4 Å². The highest BCUT2D eigenvalue weighted by molar-refractivity contribution is 9.09. The van der Waals surface area contributed by atoms with Crippen LogP contribution in [0.25, 0.3) is 0 Å². The van der Waals surface area contributed by atoms with E-state index < -0.39 is 11.7 Å². The van der Waals surface area contributed by atoms with Crippen LogP contribution in [0.4, 0.5) is 4.79 Å². The zero-order valence-electron chi connectivity index (χ0n) is 16.9. The van der Waals surface area contributed by atoms with Crippen LogP contribution in [0.15, 0.2) is 0 Å². The minimum Gasteiger partial charge on any atom is -0.460 e. The standard InChI is InChI=1S/C16H28BrNO4.C3H8/c1-10(2)11(9-17)8-12(13-6-7-14(19)21-13)18-15(20)22-16(3,4)5;1-3-2/h10-13H,6-9H2,1-5H3,(H,18,20);3H2,1-2H3. The number of alkyl carbamates (subject to hydrolysis) is 1. The molecule has 0 aliphatic carbocycles. The van der Waals surface area contributed by atoms with Crippen LogP contribution in [0.5, 0.6) is 0 Å². The van der Waals surface area contributed by atoms with E-state index in [1.165, 1.54) is 6.42 Å². The molecule has 0 aromatic heterocycles. The number of esters is 1. The number of nitrogens with one attached hydrogen (secondary N) is 1. The van der Waals surface area contributed by atoms with Gasteiger partial charge in [-0.15, -0.1) is 0 Å². The lowest BCUT2D eigenvalue weighted by Crippen LogP contribution is -2.47. The number of ether oxygens (including phenoxy) is 2. The third kappa shape index (κ3) is 10.7. The SMILES string of the molecule is CC(C)C(CBr)CC(NC(=O)OC(C)(C)C)C1CCC(=O)O1.CCC. The van der Waals surface area contributed by atoms with E-state index in [1.54, 1.807) is 0 Å². The van der Waals surface area contributed by atoms with E-state index in [9.17, 15) is 9.59 Å². The highest BCUT2D eigenvalue weighted by Crippen LogP contribution is 2.26. The molecule has 1 fully saturated rings. The van der Waals surface area contributed by atoms with Crippen LogP contribution in [0.1, 0.15) is 74.1 Å². The molecule has 6 heteroatoms. The van der Waals surface area contributed by atoms with E-state index >= 15 is 0 Å². The van der Waals surface area contributed by atoms with E-state index in [2.05, 4.69) is 48.9 Å². The van der Waals surface area contributed by atoms with Crippen LogP contribution < -0.4 is 5.32 Å². The van der Waals surface area contributed by atoms with E-state index in [0.29, 0.717) is 24.7 Å². The molecule has 1 saturated heterocycles. The number of carbonyl (C=O) groups is 2. The Labute approximate surface area is 161 Å². The highest BCUT2D eigenvalue weighted by atomic mass is 79.9. The van der Waals surface area contributed by atoms with E-state index in [1.807, 2.05) is 20.8 Å². The molecule has 1 aliphatic heterocycles. The molecule has 1 amide bonds.